The number of rotatable bonds is 6. The molecule has 92 valence electrons. The fourth-order valence-electron chi connectivity index (χ4n) is 1.44. The van der Waals surface area contributed by atoms with Crippen molar-refractivity contribution in [3.63, 3.8) is 0 Å². The van der Waals surface area contributed by atoms with Gasteiger partial charge in [-0.1, -0.05) is 30.3 Å². The smallest absolute Gasteiger partial charge is 0.330 e. The SMILES string of the molecule is CNC(C(=O)O)C(=O)NCCc1ccccc1. The van der Waals surface area contributed by atoms with Crippen LogP contribution in [0.1, 0.15) is 5.56 Å². The molecule has 0 fully saturated rings. The first-order valence-electron chi connectivity index (χ1n) is 5.37. The molecule has 1 rings (SSSR count). The van der Waals surface area contributed by atoms with Crippen LogP contribution in [0.25, 0.3) is 0 Å². The molecule has 0 saturated carbocycles. The van der Waals surface area contributed by atoms with E-state index in [9.17, 15) is 9.59 Å². The minimum atomic E-state index is -1.19. The summed E-state index contributed by atoms with van der Waals surface area (Å²) >= 11 is 0. The quantitative estimate of drug-likeness (QED) is 0.608. The first-order valence-corrected chi connectivity index (χ1v) is 5.37. The Balaban J connectivity index is 2.36. The Morgan fingerprint density at radius 2 is 1.94 bits per heavy atom. The summed E-state index contributed by atoms with van der Waals surface area (Å²) in [5.41, 5.74) is 1.10. The van der Waals surface area contributed by atoms with Crippen molar-refractivity contribution < 1.29 is 14.7 Å². The molecule has 1 atom stereocenters. The Labute approximate surface area is 99.8 Å². The molecule has 5 nitrogen and oxygen atoms in total. The predicted octanol–water partition coefficient (Wildman–Crippen LogP) is 0.0179. The van der Waals surface area contributed by atoms with E-state index >= 15 is 0 Å². The number of hydrogen-bond acceptors (Lipinski definition) is 3. The number of carbonyl (C=O) groups is 2. The monoisotopic (exact) mass is 236 g/mol. The van der Waals surface area contributed by atoms with Gasteiger partial charge in [-0.25, -0.2) is 4.79 Å². The lowest BCUT2D eigenvalue weighted by molar-refractivity contribution is -0.143. The van der Waals surface area contributed by atoms with E-state index in [0.717, 1.165) is 5.56 Å². The molecule has 0 aliphatic rings. The molecule has 3 N–H and O–H groups in total. The van der Waals surface area contributed by atoms with Crippen molar-refractivity contribution in [2.75, 3.05) is 13.6 Å². The van der Waals surface area contributed by atoms with Crippen LogP contribution in [0, 0.1) is 0 Å². The maximum atomic E-state index is 11.5. The molecule has 0 bridgehead atoms. The van der Waals surface area contributed by atoms with Gasteiger partial charge >= 0.3 is 5.97 Å². The van der Waals surface area contributed by atoms with Gasteiger partial charge in [0, 0.05) is 6.54 Å². The van der Waals surface area contributed by atoms with Crippen LogP contribution in [0.2, 0.25) is 0 Å². The second-order valence-corrected chi connectivity index (χ2v) is 3.59. The lowest BCUT2D eigenvalue weighted by Gasteiger charge is -2.11. The fourth-order valence-corrected chi connectivity index (χ4v) is 1.44. The van der Waals surface area contributed by atoms with Gasteiger partial charge in [0.15, 0.2) is 6.04 Å². The summed E-state index contributed by atoms with van der Waals surface area (Å²) in [6.45, 7) is 0.425. The van der Waals surface area contributed by atoms with Gasteiger partial charge in [-0.15, -0.1) is 0 Å². The summed E-state index contributed by atoms with van der Waals surface area (Å²) < 4.78 is 0. The standard InChI is InChI=1S/C12H16N2O3/c1-13-10(12(16)17)11(15)14-8-7-9-5-3-2-4-6-9/h2-6,10,13H,7-8H2,1H3,(H,14,15)(H,16,17). The first-order chi connectivity index (χ1) is 8.15. The third-order valence-electron chi connectivity index (χ3n) is 2.35. The Hall–Kier alpha value is -1.88. The van der Waals surface area contributed by atoms with Crippen LogP contribution < -0.4 is 10.6 Å². The number of carboxylic acids is 1. The van der Waals surface area contributed by atoms with Crippen molar-refractivity contribution in [3.05, 3.63) is 35.9 Å². The third-order valence-corrected chi connectivity index (χ3v) is 2.35. The van der Waals surface area contributed by atoms with Crippen LogP contribution in [0.15, 0.2) is 30.3 Å². The maximum absolute atomic E-state index is 11.5. The van der Waals surface area contributed by atoms with Gasteiger partial charge in [0.2, 0.25) is 5.91 Å². The molecular formula is C12H16N2O3. The summed E-state index contributed by atoms with van der Waals surface area (Å²) in [6, 6.07) is 8.49. The second kappa shape index (κ2) is 6.65. The molecule has 0 aromatic heterocycles. The van der Waals surface area contributed by atoms with Gasteiger partial charge in [0.1, 0.15) is 0 Å². The fraction of sp³-hybridized carbons (Fsp3) is 0.333. The number of nitrogens with one attached hydrogen (secondary N) is 2. The molecule has 17 heavy (non-hydrogen) atoms. The molecule has 1 amide bonds. The van der Waals surface area contributed by atoms with Crippen molar-refractivity contribution in [2.24, 2.45) is 0 Å². The van der Waals surface area contributed by atoms with E-state index in [-0.39, 0.29) is 0 Å². The van der Waals surface area contributed by atoms with Crippen LogP contribution in [-0.4, -0.2) is 36.6 Å². The molecule has 0 saturated heterocycles. The van der Waals surface area contributed by atoms with E-state index in [1.54, 1.807) is 0 Å². The number of hydrogen-bond donors (Lipinski definition) is 3. The van der Waals surface area contributed by atoms with Crippen LogP contribution in [0.3, 0.4) is 0 Å². The Bertz CT molecular complexity index is 379. The number of amides is 1. The Morgan fingerprint density at radius 3 is 2.47 bits per heavy atom. The average Bonchev–Trinajstić information content (AvgIpc) is 2.30. The number of aliphatic carboxylic acids is 1. The zero-order valence-corrected chi connectivity index (χ0v) is 9.64. The minimum Gasteiger partial charge on any atom is -0.480 e. The Kier molecular flexibility index (Phi) is 5.16. The van der Waals surface area contributed by atoms with Gasteiger partial charge in [-0.3, -0.25) is 10.1 Å². The summed E-state index contributed by atoms with van der Waals surface area (Å²) in [4.78, 5) is 22.1. The topological polar surface area (TPSA) is 78.4 Å². The number of carboxylic acid groups (broad SMARTS) is 1. The lowest BCUT2D eigenvalue weighted by Crippen LogP contribution is -2.48. The minimum absolute atomic E-state index is 0.425. The van der Waals surface area contributed by atoms with Crippen molar-refractivity contribution in [2.45, 2.75) is 12.5 Å². The number of benzene rings is 1. The van der Waals surface area contributed by atoms with Gasteiger partial charge < -0.3 is 10.4 Å². The Morgan fingerprint density at radius 1 is 1.29 bits per heavy atom. The van der Waals surface area contributed by atoms with E-state index in [0.29, 0.717) is 13.0 Å². The van der Waals surface area contributed by atoms with Crippen LogP contribution in [0.4, 0.5) is 0 Å². The molecule has 0 aliphatic heterocycles. The van der Waals surface area contributed by atoms with E-state index in [1.165, 1.54) is 7.05 Å². The molecule has 0 aliphatic carbocycles. The van der Waals surface area contributed by atoms with Crippen molar-refractivity contribution >= 4 is 11.9 Å². The zero-order chi connectivity index (χ0) is 12.7. The van der Waals surface area contributed by atoms with E-state index in [2.05, 4.69) is 10.6 Å². The molecule has 1 unspecified atom stereocenters. The van der Waals surface area contributed by atoms with Crippen molar-refractivity contribution in [3.8, 4) is 0 Å². The third kappa shape index (κ3) is 4.24. The summed E-state index contributed by atoms with van der Waals surface area (Å²) in [5, 5.41) is 13.8. The molecule has 0 spiro atoms. The highest BCUT2D eigenvalue weighted by Crippen LogP contribution is 1.98. The lowest BCUT2D eigenvalue weighted by atomic mass is 10.1. The number of carbonyl (C=O) groups excluding carboxylic acids is 1. The molecule has 5 heteroatoms. The van der Waals surface area contributed by atoms with Crippen LogP contribution in [-0.2, 0) is 16.0 Å². The van der Waals surface area contributed by atoms with Gasteiger partial charge in [0.05, 0.1) is 0 Å². The predicted molar refractivity (Wildman–Crippen MR) is 63.6 cm³/mol. The highest BCUT2D eigenvalue weighted by Gasteiger charge is 2.23. The van der Waals surface area contributed by atoms with E-state index in [1.807, 2.05) is 30.3 Å². The summed E-state index contributed by atoms with van der Waals surface area (Å²) in [7, 11) is 1.44. The van der Waals surface area contributed by atoms with E-state index < -0.39 is 17.9 Å². The largest absolute Gasteiger partial charge is 0.480 e. The summed E-state index contributed by atoms with van der Waals surface area (Å²) in [5.74, 6) is -1.69. The molecule has 0 heterocycles. The highest BCUT2D eigenvalue weighted by atomic mass is 16.4. The molecular weight excluding hydrogens is 220 g/mol. The van der Waals surface area contributed by atoms with Crippen LogP contribution >= 0.6 is 0 Å². The summed E-state index contributed by atoms with van der Waals surface area (Å²) in [6.07, 6.45) is 0.683. The van der Waals surface area contributed by atoms with E-state index in [4.69, 9.17) is 5.11 Å². The average molecular weight is 236 g/mol. The van der Waals surface area contributed by atoms with Gasteiger partial charge in [0.25, 0.3) is 0 Å². The zero-order valence-electron chi connectivity index (χ0n) is 9.64. The van der Waals surface area contributed by atoms with Crippen molar-refractivity contribution in [1.29, 1.82) is 0 Å². The normalized spacial score (nSPS) is 11.8. The molecule has 1 aromatic rings. The number of likely N-dealkylation sites (N-methyl/N-ethyl adjacent to an activating group) is 1. The maximum Gasteiger partial charge on any atom is 0.330 e. The molecule has 0 radical (unpaired) electrons. The van der Waals surface area contributed by atoms with Gasteiger partial charge in [-0.2, -0.15) is 0 Å². The van der Waals surface area contributed by atoms with Gasteiger partial charge in [-0.05, 0) is 19.0 Å². The molecule has 1 aromatic carbocycles. The highest BCUT2D eigenvalue weighted by molar-refractivity contribution is 6.01. The second-order valence-electron chi connectivity index (χ2n) is 3.59. The first kappa shape index (κ1) is 13.2. The van der Waals surface area contributed by atoms with Crippen LogP contribution in [0.5, 0.6) is 0 Å². The van der Waals surface area contributed by atoms with Crippen molar-refractivity contribution in [1.82, 2.24) is 10.6 Å².